The van der Waals surface area contributed by atoms with E-state index in [0.29, 0.717) is 36.7 Å². The van der Waals surface area contributed by atoms with Gasteiger partial charge in [-0.1, -0.05) is 60.7 Å². The average Bonchev–Trinajstić information content (AvgIpc) is 2.92. The van der Waals surface area contributed by atoms with E-state index in [2.05, 4.69) is 10.6 Å². The molecule has 0 aliphatic rings. The van der Waals surface area contributed by atoms with Gasteiger partial charge >= 0.3 is 5.69 Å². The molecule has 0 saturated carbocycles. The summed E-state index contributed by atoms with van der Waals surface area (Å²) in [5.41, 5.74) is 1.33. The topological polar surface area (TPSA) is 102 Å². The van der Waals surface area contributed by atoms with E-state index in [1.54, 1.807) is 24.3 Å². The molecule has 0 radical (unpaired) electrons. The summed E-state index contributed by atoms with van der Waals surface area (Å²) >= 11 is 0. The third-order valence-electron chi connectivity index (χ3n) is 6.11. The van der Waals surface area contributed by atoms with Crippen LogP contribution in [0, 0.1) is 0 Å². The zero-order valence-electron chi connectivity index (χ0n) is 20.6. The predicted octanol–water partition coefficient (Wildman–Crippen LogP) is 3.33. The van der Waals surface area contributed by atoms with Crippen LogP contribution in [-0.2, 0) is 29.1 Å². The van der Waals surface area contributed by atoms with Crippen LogP contribution in [0.25, 0.3) is 10.9 Å². The van der Waals surface area contributed by atoms with Gasteiger partial charge in [0.1, 0.15) is 6.54 Å². The summed E-state index contributed by atoms with van der Waals surface area (Å²) in [7, 11) is 0. The highest BCUT2D eigenvalue weighted by Crippen LogP contribution is 2.09. The van der Waals surface area contributed by atoms with Crippen molar-refractivity contribution in [3.63, 3.8) is 0 Å². The van der Waals surface area contributed by atoms with Crippen LogP contribution in [0.2, 0.25) is 0 Å². The molecule has 4 rings (SSSR count). The molecule has 3 aromatic carbocycles. The maximum Gasteiger partial charge on any atom is 0.331 e. The maximum absolute atomic E-state index is 13.3. The molecule has 0 fully saturated rings. The number of aromatic nitrogens is 2. The fourth-order valence-electron chi connectivity index (χ4n) is 4.21. The van der Waals surface area contributed by atoms with E-state index >= 15 is 0 Å². The van der Waals surface area contributed by atoms with Crippen molar-refractivity contribution in [3.05, 3.63) is 111 Å². The number of para-hydroxylation sites is 2. The van der Waals surface area contributed by atoms with Crippen LogP contribution in [0.5, 0.6) is 0 Å². The van der Waals surface area contributed by atoms with Crippen molar-refractivity contribution >= 4 is 28.4 Å². The molecular weight excluding hydrogens is 468 g/mol. The van der Waals surface area contributed by atoms with Crippen LogP contribution in [0.1, 0.15) is 24.8 Å². The number of amides is 2. The molecule has 0 aliphatic heterocycles. The van der Waals surface area contributed by atoms with Gasteiger partial charge in [-0.05, 0) is 49.1 Å². The van der Waals surface area contributed by atoms with Crippen molar-refractivity contribution in [3.8, 4) is 0 Å². The molecule has 0 aliphatic carbocycles. The minimum Gasteiger partial charge on any atom is -0.354 e. The number of hydrogen-bond acceptors (Lipinski definition) is 4. The zero-order valence-corrected chi connectivity index (χ0v) is 20.6. The third-order valence-corrected chi connectivity index (χ3v) is 6.11. The molecule has 8 nitrogen and oxygen atoms in total. The summed E-state index contributed by atoms with van der Waals surface area (Å²) in [5.74, 6) is -0.424. The van der Waals surface area contributed by atoms with E-state index < -0.39 is 11.2 Å². The van der Waals surface area contributed by atoms with Crippen molar-refractivity contribution in [2.24, 2.45) is 0 Å². The van der Waals surface area contributed by atoms with Gasteiger partial charge in [0.2, 0.25) is 11.8 Å². The van der Waals surface area contributed by atoms with Crippen molar-refractivity contribution in [1.82, 2.24) is 14.5 Å². The van der Waals surface area contributed by atoms with Crippen molar-refractivity contribution in [2.45, 2.75) is 38.8 Å². The highest BCUT2D eigenvalue weighted by molar-refractivity contribution is 5.90. The second kappa shape index (κ2) is 12.5. The van der Waals surface area contributed by atoms with Crippen molar-refractivity contribution in [1.29, 1.82) is 0 Å². The Morgan fingerprint density at radius 2 is 1.41 bits per heavy atom. The van der Waals surface area contributed by atoms with E-state index in [0.717, 1.165) is 15.8 Å². The van der Waals surface area contributed by atoms with Gasteiger partial charge in [-0.2, -0.15) is 0 Å². The van der Waals surface area contributed by atoms with E-state index in [1.165, 1.54) is 4.57 Å². The largest absolute Gasteiger partial charge is 0.354 e. The monoisotopic (exact) mass is 498 g/mol. The number of carbonyl (C=O) groups excluding carboxylic acids is 2. The molecule has 190 valence electrons. The summed E-state index contributed by atoms with van der Waals surface area (Å²) in [6.07, 6.45) is 1.94. The summed E-state index contributed by atoms with van der Waals surface area (Å²) < 4.78 is 2.51. The minimum absolute atomic E-state index is 0.123. The van der Waals surface area contributed by atoms with Crippen molar-refractivity contribution in [2.75, 3.05) is 11.9 Å². The molecule has 0 bridgehead atoms. The smallest absolute Gasteiger partial charge is 0.331 e. The summed E-state index contributed by atoms with van der Waals surface area (Å²) in [6.45, 7) is 0.421. The normalized spacial score (nSPS) is 10.8. The lowest BCUT2D eigenvalue weighted by molar-refractivity contribution is -0.121. The first kappa shape index (κ1) is 25.6. The number of rotatable bonds is 11. The second-order valence-corrected chi connectivity index (χ2v) is 8.80. The maximum atomic E-state index is 13.3. The number of fused-ring (bicyclic) bond motifs is 1. The first-order valence-electron chi connectivity index (χ1n) is 12.4. The Morgan fingerprint density at radius 3 is 2.16 bits per heavy atom. The predicted molar refractivity (Wildman–Crippen MR) is 145 cm³/mol. The van der Waals surface area contributed by atoms with Crippen LogP contribution < -0.4 is 21.9 Å². The molecule has 0 unspecified atom stereocenters. The number of benzene rings is 3. The highest BCUT2D eigenvalue weighted by Gasteiger charge is 2.15. The Bertz CT molecular complexity index is 1480. The van der Waals surface area contributed by atoms with Crippen LogP contribution in [0.4, 0.5) is 5.69 Å². The molecule has 1 heterocycles. The lowest BCUT2D eigenvalue weighted by atomic mass is 10.1. The molecule has 37 heavy (non-hydrogen) atoms. The van der Waals surface area contributed by atoms with E-state index in [-0.39, 0.29) is 31.3 Å². The number of nitrogens with zero attached hydrogens (tertiary/aromatic N) is 2. The van der Waals surface area contributed by atoms with E-state index in [9.17, 15) is 19.2 Å². The fourth-order valence-corrected chi connectivity index (χ4v) is 4.21. The zero-order chi connectivity index (χ0) is 26.0. The van der Waals surface area contributed by atoms with Crippen molar-refractivity contribution < 1.29 is 9.59 Å². The van der Waals surface area contributed by atoms with Gasteiger partial charge < -0.3 is 10.6 Å². The first-order valence-corrected chi connectivity index (χ1v) is 12.4. The number of nitrogens with one attached hydrogen (secondary N) is 2. The quantitative estimate of drug-likeness (QED) is 0.310. The van der Waals surface area contributed by atoms with Gasteiger partial charge in [-0.15, -0.1) is 0 Å². The molecule has 0 atom stereocenters. The molecule has 4 aromatic rings. The minimum atomic E-state index is -0.532. The molecular formula is C29H30N4O4. The average molecular weight is 499 g/mol. The van der Waals surface area contributed by atoms with Crippen LogP contribution >= 0.6 is 0 Å². The number of carbonyl (C=O) groups is 2. The Kier molecular flexibility index (Phi) is 8.65. The van der Waals surface area contributed by atoms with Gasteiger partial charge in [-0.25, -0.2) is 4.79 Å². The first-order chi connectivity index (χ1) is 18.0. The van der Waals surface area contributed by atoms with E-state index in [4.69, 9.17) is 0 Å². The fraction of sp³-hybridized carbons (Fsp3) is 0.241. The Labute approximate surface area is 214 Å². The molecule has 0 saturated heterocycles. The number of anilines is 1. The van der Waals surface area contributed by atoms with Crippen LogP contribution in [-0.4, -0.2) is 27.5 Å². The van der Waals surface area contributed by atoms with Gasteiger partial charge in [0, 0.05) is 25.2 Å². The summed E-state index contributed by atoms with van der Waals surface area (Å²) in [4.78, 5) is 51.2. The Hall–Kier alpha value is -4.46. The molecule has 2 N–H and O–H groups in total. The molecule has 0 spiro atoms. The number of hydrogen-bond donors (Lipinski definition) is 2. The third kappa shape index (κ3) is 6.82. The van der Waals surface area contributed by atoms with E-state index in [1.807, 2.05) is 60.7 Å². The van der Waals surface area contributed by atoms with Crippen LogP contribution in [0.15, 0.2) is 94.5 Å². The highest BCUT2D eigenvalue weighted by atomic mass is 16.2. The standard InChI is InChI=1S/C29H30N4O4/c34-26(31-23-13-5-2-6-14-23)17-9-10-20-32-28(36)24-15-7-8-16-25(24)33(29(32)37)21-27(35)30-19-18-22-11-3-1-4-12-22/h1-8,11-16H,9-10,17-21H2,(H,30,35)(H,31,34). The van der Waals surface area contributed by atoms with Gasteiger partial charge in [0.05, 0.1) is 10.9 Å². The SMILES string of the molecule is O=C(Cn1c(=O)n(CCCCC(=O)Nc2ccccc2)c(=O)c2ccccc21)NCCc1ccccc1. The molecule has 8 heteroatoms. The Morgan fingerprint density at radius 1 is 0.730 bits per heavy atom. The van der Waals surface area contributed by atoms with Crippen LogP contribution in [0.3, 0.4) is 0 Å². The molecule has 2 amide bonds. The summed E-state index contributed by atoms with van der Waals surface area (Å²) in [5, 5.41) is 6.06. The Balaban J connectivity index is 1.41. The second-order valence-electron chi connectivity index (χ2n) is 8.80. The van der Waals surface area contributed by atoms with Gasteiger partial charge in [0.25, 0.3) is 5.56 Å². The molecule has 1 aromatic heterocycles. The summed E-state index contributed by atoms with van der Waals surface area (Å²) in [6, 6.07) is 25.8. The lowest BCUT2D eigenvalue weighted by Crippen LogP contribution is -2.42. The van der Waals surface area contributed by atoms with Gasteiger partial charge in [-0.3, -0.25) is 23.5 Å². The number of unbranched alkanes of at least 4 members (excludes halogenated alkanes) is 1. The van der Waals surface area contributed by atoms with Gasteiger partial charge in [0.15, 0.2) is 0 Å². The lowest BCUT2D eigenvalue weighted by Gasteiger charge is -2.14.